The van der Waals surface area contributed by atoms with E-state index in [0.717, 1.165) is 37.9 Å². The zero-order valence-electron chi connectivity index (χ0n) is 8.21. The van der Waals surface area contributed by atoms with Gasteiger partial charge >= 0.3 is 0 Å². The summed E-state index contributed by atoms with van der Waals surface area (Å²) in [6, 6.07) is 0. The molecule has 3 heteroatoms. The Bertz CT molecular complexity index is 174. The molecule has 0 aromatic carbocycles. The van der Waals surface area contributed by atoms with Gasteiger partial charge in [0.05, 0.1) is 0 Å². The van der Waals surface area contributed by atoms with Crippen LogP contribution in [0.1, 0.15) is 45.4 Å². The average molecular weight is 199 g/mol. The highest BCUT2D eigenvalue weighted by Crippen LogP contribution is 2.07. The molecule has 0 amide bonds. The summed E-state index contributed by atoms with van der Waals surface area (Å²) in [7, 11) is 0. The third-order valence-electron chi connectivity index (χ3n) is 1.83. The Hall–Kier alpha value is -0.490. The summed E-state index contributed by atoms with van der Waals surface area (Å²) in [6.45, 7) is 2.09. The van der Waals surface area contributed by atoms with Gasteiger partial charge in [0, 0.05) is 18.6 Å². The Morgan fingerprint density at radius 2 is 2.00 bits per heavy atom. The number of hydrogen-bond donors (Lipinski definition) is 0. The number of ketones is 1. The maximum absolute atomic E-state index is 11.2. The van der Waals surface area contributed by atoms with E-state index in [1.165, 1.54) is 11.8 Å². The summed E-state index contributed by atoms with van der Waals surface area (Å²) in [4.78, 5) is 11.2. The van der Waals surface area contributed by atoms with Gasteiger partial charge in [-0.3, -0.25) is 4.79 Å². The lowest BCUT2D eigenvalue weighted by atomic mass is 10.1. The predicted molar refractivity (Wildman–Crippen MR) is 56.5 cm³/mol. The van der Waals surface area contributed by atoms with E-state index in [-0.39, 0.29) is 0 Å². The predicted octanol–water partition coefficient (Wildman–Crippen LogP) is 3.13. The van der Waals surface area contributed by atoms with E-state index in [4.69, 9.17) is 5.26 Å². The summed E-state index contributed by atoms with van der Waals surface area (Å²) >= 11 is 1.27. The number of rotatable bonds is 8. The molecule has 0 saturated heterocycles. The minimum atomic E-state index is 0.379. The van der Waals surface area contributed by atoms with Crippen molar-refractivity contribution in [2.45, 2.75) is 45.4 Å². The zero-order valence-corrected chi connectivity index (χ0v) is 9.03. The van der Waals surface area contributed by atoms with Gasteiger partial charge in [0.15, 0.2) is 0 Å². The molecule has 0 aliphatic carbocycles. The lowest BCUT2D eigenvalue weighted by molar-refractivity contribution is -0.119. The maximum Gasteiger partial charge on any atom is 0.133 e. The Labute approximate surface area is 84.7 Å². The first-order valence-corrected chi connectivity index (χ1v) is 5.82. The Balaban J connectivity index is 3.13. The molecule has 13 heavy (non-hydrogen) atoms. The summed E-state index contributed by atoms with van der Waals surface area (Å²) in [6.07, 6.45) is 5.48. The monoisotopic (exact) mass is 199 g/mol. The first-order valence-electron chi connectivity index (χ1n) is 4.83. The van der Waals surface area contributed by atoms with Crippen molar-refractivity contribution in [1.82, 2.24) is 0 Å². The second-order valence-electron chi connectivity index (χ2n) is 3.04. The SMILES string of the molecule is CCCCC(=O)CCCCSC#N. The lowest BCUT2D eigenvalue weighted by Crippen LogP contribution is -1.97. The Morgan fingerprint density at radius 3 is 2.62 bits per heavy atom. The topological polar surface area (TPSA) is 40.9 Å². The van der Waals surface area contributed by atoms with Crippen LogP contribution in [0.4, 0.5) is 0 Å². The number of hydrogen-bond acceptors (Lipinski definition) is 3. The normalized spacial score (nSPS) is 9.54. The number of nitrogens with zero attached hydrogens (tertiary/aromatic N) is 1. The van der Waals surface area contributed by atoms with Gasteiger partial charge in [0.2, 0.25) is 0 Å². The van der Waals surface area contributed by atoms with Crippen LogP contribution in [-0.2, 0) is 4.79 Å². The van der Waals surface area contributed by atoms with Crippen molar-refractivity contribution in [3.05, 3.63) is 0 Å². The van der Waals surface area contributed by atoms with Crippen molar-refractivity contribution in [3.63, 3.8) is 0 Å². The van der Waals surface area contributed by atoms with E-state index in [2.05, 4.69) is 6.92 Å². The highest BCUT2D eigenvalue weighted by Gasteiger charge is 2.00. The van der Waals surface area contributed by atoms with Crippen molar-refractivity contribution in [1.29, 1.82) is 5.26 Å². The highest BCUT2D eigenvalue weighted by atomic mass is 32.2. The van der Waals surface area contributed by atoms with Crippen LogP contribution in [0, 0.1) is 10.7 Å². The molecule has 0 fully saturated rings. The van der Waals surface area contributed by atoms with Crippen LogP contribution >= 0.6 is 11.8 Å². The first kappa shape index (κ1) is 12.5. The molecule has 2 nitrogen and oxygen atoms in total. The molecule has 0 aromatic rings. The molecule has 0 spiro atoms. The molecule has 0 aromatic heterocycles. The zero-order chi connectivity index (χ0) is 9.94. The third-order valence-corrected chi connectivity index (χ3v) is 2.45. The number of unbranched alkanes of at least 4 members (excludes halogenated alkanes) is 2. The molecular formula is C10H17NOS. The van der Waals surface area contributed by atoms with Crippen molar-refractivity contribution in [2.24, 2.45) is 0 Å². The number of thiocyanates is 1. The van der Waals surface area contributed by atoms with Crippen LogP contribution < -0.4 is 0 Å². The van der Waals surface area contributed by atoms with E-state index in [1.807, 2.05) is 5.40 Å². The molecule has 0 heterocycles. The number of carbonyl (C=O) groups excluding carboxylic acids is 1. The van der Waals surface area contributed by atoms with Gasteiger partial charge in [-0.15, -0.1) is 0 Å². The van der Waals surface area contributed by atoms with Crippen molar-refractivity contribution in [3.8, 4) is 5.40 Å². The van der Waals surface area contributed by atoms with Crippen LogP contribution in [0.25, 0.3) is 0 Å². The van der Waals surface area contributed by atoms with Crippen LogP contribution in [0.5, 0.6) is 0 Å². The van der Waals surface area contributed by atoms with Crippen LogP contribution in [0.15, 0.2) is 0 Å². The van der Waals surface area contributed by atoms with Gasteiger partial charge < -0.3 is 0 Å². The Morgan fingerprint density at radius 1 is 1.31 bits per heavy atom. The van der Waals surface area contributed by atoms with Gasteiger partial charge in [-0.2, -0.15) is 5.26 Å². The van der Waals surface area contributed by atoms with Crippen molar-refractivity contribution < 1.29 is 4.79 Å². The molecular weight excluding hydrogens is 182 g/mol. The molecule has 0 rings (SSSR count). The second-order valence-corrected chi connectivity index (χ2v) is 3.92. The van der Waals surface area contributed by atoms with E-state index < -0.39 is 0 Å². The maximum atomic E-state index is 11.2. The minimum absolute atomic E-state index is 0.379. The summed E-state index contributed by atoms with van der Waals surface area (Å²) in [5.41, 5.74) is 0. The van der Waals surface area contributed by atoms with Gasteiger partial charge in [-0.1, -0.05) is 13.3 Å². The number of carbonyl (C=O) groups is 1. The largest absolute Gasteiger partial charge is 0.300 e. The summed E-state index contributed by atoms with van der Waals surface area (Å²) in [5.74, 6) is 1.24. The fourth-order valence-electron chi connectivity index (χ4n) is 1.04. The van der Waals surface area contributed by atoms with E-state index in [0.29, 0.717) is 12.2 Å². The lowest BCUT2D eigenvalue weighted by Gasteiger charge is -1.98. The van der Waals surface area contributed by atoms with Crippen LogP contribution in [0.3, 0.4) is 0 Å². The fraction of sp³-hybridized carbons (Fsp3) is 0.800. The van der Waals surface area contributed by atoms with E-state index in [9.17, 15) is 4.79 Å². The molecule has 0 atom stereocenters. The molecule has 0 aliphatic heterocycles. The molecule has 0 bridgehead atoms. The molecule has 0 unspecified atom stereocenters. The van der Waals surface area contributed by atoms with Crippen molar-refractivity contribution in [2.75, 3.05) is 5.75 Å². The third kappa shape index (κ3) is 9.42. The van der Waals surface area contributed by atoms with E-state index >= 15 is 0 Å². The van der Waals surface area contributed by atoms with Gasteiger partial charge in [0.25, 0.3) is 0 Å². The smallest absolute Gasteiger partial charge is 0.133 e. The average Bonchev–Trinajstić information content (AvgIpc) is 2.14. The second kappa shape index (κ2) is 9.60. The van der Waals surface area contributed by atoms with Gasteiger partial charge in [-0.25, -0.2) is 0 Å². The number of nitriles is 1. The number of thioether (sulfide) groups is 1. The van der Waals surface area contributed by atoms with Gasteiger partial charge in [-0.05, 0) is 31.0 Å². The number of Topliss-reactive ketones (excluding diaryl/α,β-unsaturated/α-hetero) is 1. The van der Waals surface area contributed by atoms with E-state index in [1.54, 1.807) is 0 Å². The molecule has 0 saturated carbocycles. The Kier molecular flexibility index (Phi) is 9.24. The molecule has 0 radical (unpaired) electrons. The van der Waals surface area contributed by atoms with Crippen LogP contribution in [0.2, 0.25) is 0 Å². The fourth-order valence-corrected chi connectivity index (χ4v) is 1.48. The van der Waals surface area contributed by atoms with Gasteiger partial charge in [0.1, 0.15) is 11.2 Å². The molecule has 0 aliphatic rings. The molecule has 74 valence electrons. The standard InChI is InChI=1S/C10H17NOS/c1-2-3-6-10(12)7-4-5-8-13-9-11/h2-8H2,1H3. The first-order chi connectivity index (χ1) is 6.31. The van der Waals surface area contributed by atoms with Crippen molar-refractivity contribution >= 4 is 17.5 Å². The van der Waals surface area contributed by atoms with Crippen LogP contribution in [-0.4, -0.2) is 11.5 Å². The minimum Gasteiger partial charge on any atom is -0.300 e. The summed E-state index contributed by atoms with van der Waals surface area (Å²) < 4.78 is 0. The highest BCUT2D eigenvalue weighted by molar-refractivity contribution is 8.03. The quantitative estimate of drug-likeness (QED) is 0.445. The molecule has 0 N–H and O–H groups in total. The summed E-state index contributed by atoms with van der Waals surface area (Å²) in [5, 5.41) is 10.3.